The number of amides is 1. The van der Waals surface area contributed by atoms with Gasteiger partial charge in [0.05, 0.1) is 12.5 Å². The van der Waals surface area contributed by atoms with Crippen molar-refractivity contribution >= 4 is 11.9 Å². The number of carbonyl (C=O) groups is 2. The summed E-state index contributed by atoms with van der Waals surface area (Å²) < 4.78 is 0. The number of rotatable bonds is 4. The molecular formula is C7H14N2O3. The van der Waals surface area contributed by atoms with Crippen LogP contribution in [0.5, 0.6) is 0 Å². The summed E-state index contributed by atoms with van der Waals surface area (Å²) in [6.45, 7) is 3.57. The molecule has 1 unspecified atom stereocenters. The van der Waals surface area contributed by atoms with Crippen LogP contribution in [0.25, 0.3) is 0 Å². The van der Waals surface area contributed by atoms with Gasteiger partial charge in [-0.05, 0) is 13.8 Å². The zero-order valence-corrected chi connectivity index (χ0v) is 7.20. The monoisotopic (exact) mass is 174 g/mol. The number of hydrogen-bond donors (Lipinski definition) is 3. The minimum absolute atomic E-state index is 0.0163. The zero-order chi connectivity index (χ0) is 9.72. The highest BCUT2D eigenvalue weighted by Crippen LogP contribution is 1.89. The molecule has 0 aromatic rings. The predicted octanol–water partition coefficient (Wildman–Crippen LogP) is -0.687. The zero-order valence-electron chi connectivity index (χ0n) is 7.20. The molecule has 0 aliphatic heterocycles. The molecule has 0 spiro atoms. The van der Waals surface area contributed by atoms with E-state index in [-0.39, 0.29) is 12.5 Å². The summed E-state index contributed by atoms with van der Waals surface area (Å²) in [5.41, 5.74) is 5.27. The first-order chi connectivity index (χ1) is 5.43. The number of carbonyl (C=O) groups excluding carboxylic acids is 1. The van der Waals surface area contributed by atoms with E-state index >= 15 is 0 Å². The van der Waals surface area contributed by atoms with Crippen molar-refractivity contribution in [1.29, 1.82) is 0 Å². The third kappa shape index (κ3) is 4.68. The lowest BCUT2D eigenvalue weighted by atomic mass is 10.2. The van der Waals surface area contributed by atoms with E-state index in [1.807, 2.05) is 0 Å². The molecule has 0 bridgehead atoms. The van der Waals surface area contributed by atoms with Gasteiger partial charge in [-0.3, -0.25) is 9.59 Å². The van der Waals surface area contributed by atoms with Crippen LogP contribution in [0.4, 0.5) is 0 Å². The van der Waals surface area contributed by atoms with E-state index in [2.05, 4.69) is 5.32 Å². The van der Waals surface area contributed by atoms with Gasteiger partial charge >= 0.3 is 5.97 Å². The Morgan fingerprint density at radius 3 is 2.33 bits per heavy atom. The third-order valence-corrected chi connectivity index (χ3v) is 1.16. The fraction of sp³-hybridized carbons (Fsp3) is 0.714. The van der Waals surface area contributed by atoms with Crippen molar-refractivity contribution in [2.24, 2.45) is 5.73 Å². The quantitative estimate of drug-likeness (QED) is 0.526. The van der Waals surface area contributed by atoms with E-state index in [0.29, 0.717) is 0 Å². The van der Waals surface area contributed by atoms with Gasteiger partial charge in [-0.1, -0.05) is 0 Å². The lowest BCUT2D eigenvalue weighted by Crippen LogP contribution is -2.44. The van der Waals surface area contributed by atoms with Gasteiger partial charge in [0.25, 0.3) is 0 Å². The Balaban J connectivity index is 3.85. The average molecular weight is 174 g/mol. The molecule has 1 atom stereocenters. The van der Waals surface area contributed by atoms with Crippen LogP contribution >= 0.6 is 0 Å². The molecule has 0 rings (SSSR count). The van der Waals surface area contributed by atoms with Gasteiger partial charge in [-0.2, -0.15) is 0 Å². The molecule has 4 N–H and O–H groups in total. The topological polar surface area (TPSA) is 92.4 Å². The number of nitrogens with two attached hydrogens (primary N) is 1. The molecule has 0 heterocycles. The lowest BCUT2D eigenvalue weighted by molar-refractivity contribution is -0.139. The molecule has 0 aromatic heterocycles. The summed E-state index contributed by atoms with van der Waals surface area (Å²) in [5.74, 6) is -1.49. The second-order valence-corrected chi connectivity index (χ2v) is 2.87. The minimum atomic E-state index is -1.07. The highest BCUT2D eigenvalue weighted by Gasteiger charge is 2.16. The van der Waals surface area contributed by atoms with Crippen molar-refractivity contribution in [2.45, 2.75) is 32.4 Å². The largest absolute Gasteiger partial charge is 0.481 e. The molecule has 0 fully saturated rings. The van der Waals surface area contributed by atoms with E-state index < -0.39 is 17.9 Å². The van der Waals surface area contributed by atoms with E-state index in [1.165, 1.54) is 0 Å². The first kappa shape index (κ1) is 10.9. The number of aliphatic carboxylic acids is 1. The van der Waals surface area contributed by atoms with Crippen LogP contribution in [-0.4, -0.2) is 29.1 Å². The molecule has 0 radical (unpaired) electrons. The molecular weight excluding hydrogens is 160 g/mol. The summed E-state index contributed by atoms with van der Waals surface area (Å²) in [4.78, 5) is 21.1. The van der Waals surface area contributed by atoms with Gasteiger partial charge in [-0.25, -0.2) is 0 Å². The van der Waals surface area contributed by atoms with Crippen LogP contribution in [-0.2, 0) is 9.59 Å². The van der Waals surface area contributed by atoms with Gasteiger partial charge in [0.15, 0.2) is 0 Å². The SMILES string of the molecule is CC(C)NC(=O)C(N)CC(=O)O. The van der Waals surface area contributed by atoms with Gasteiger partial charge in [-0.15, -0.1) is 0 Å². The summed E-state index contributed by atoms with van der Waals surface area (Å²) >= 11 is 0. The van der Waals surface area contributed by atoms with Gasteiger partial charge in [0.2, 0.25) is 5.91 Å². The Bertz CT molecular complexity index is 179. The normalized spacial score (nSPS) is 12.7. The Kier molecular flexibility index (Phi) is 4.28. The van der Waals surface area contributed by atoms with E-state index in [0.717, 1.165) is 0 Å². The summed E-state index contributed by atoms with van der Waals surface area (Å²) in [6, 6.07) is -0.970. The van der Waals surface area contributed by atoms with Crippen LogP contribution in [0.1, 0.15) is 20.3 Å². The van der Waals surface area contributed by atoms with E-state index in [1.54, 1.807) is 13.8 Å². The Morgan fingerprint density at radius 2 is 2.00 bits per heavy atom. The fourth-order valence-corrected chi connectivity index (χ4v) is 0.672. The van der Waals surface area contributed by atoms with Crippen molar-refractivity contribution in [1.82, 2.24) is 5.32 Å². The Morgan fingerprint density at radius 1 is 1.50 bits per heavy atom. The molecule has 0 aliphatic rings. The summed E-state index contributed by atoms with van der Waals surface area (Å²) in [7, 11) is 0. The number of hydrogen-bond acceptors (Lipinski definition) is 3. The van der Waals surface area contributed by atoms with Crippen LogP contribution in [0.2, 0.25) is 0 Å². The van der Waals surface area contributed by atoms with E-state index in [9.17, 15) is 9.59 Å². The van der Waals surface area contributed by atoms with Crippen molar-refractivity contribution < 1.29 is 14.7 Å². The molecule has 0 saturated carbocycles. The molecule has 1 amide bonds. The maximum atomic E-state index is 11.0. The first-order valence-electron chi connectivity index (χ1n) is 3.71. The molecule has 5 heteroatoms. The Labute approximate surface area is 70.9 Å². The van der Waals surface area contributed by atoms with Crippen LogP contribution in [0, 0.1) is 0 Å². The van der Waals surface area contributed by atoms with Gasteiger partial charge in [0.1, 0.15) is 0 Å². The van der Waals surface area contributed by atoms with Gasteiger partial charge in [0, 0.05) is 6.04 Å². The van der Waals surface area contributed by atoms with Crippen molar-refractivity contribution in [2.75, 3.05) is 0 Å². The van der Waals surface area contributed by atoms with Crippen LogP contribution in [0.3, 0.4) is 0 Å². The molecule has 0 aliphatic carbocycles. The molecule has 70 valence electrons. The van der Waals surface area contributed by atoms with Crippen molar-refractivity contribution in [3.63, 3.8) is 0 Å². The maximum Gasteiger partial charge on any atom is 0.305 e. The molecule has 12 heavy (non-hydrogen) atoms. The number of carboxylic acids is 1. The second-order valence-electron chi connectivity index (χ2n) is 2.87. The molecule has 0 saturated heterocycles. The minimum Gasteiger partial charge on any atom is -0.481 e. The van der Waals surface area contributed by atoms with Gasteiger partial charge < -0.3 is 16.2 Å². The maximum absolute atomic E-state index is 11.0. The van der Waals surface area contributed by atoms with Crippen molar-refractivity contribution in [3.8, 4) is 0 Å². The average Bonchev–Trinajstić information content (AvgIpc) is 1.84. The van der Waals surface area contributed by atoms with E-state index in [4.69, 9.17) is 10.8 Å². The molecule has 5 nitrogen and oxygen atoms in total. The fourth-order valence-electron chi connectivity index (χ4n) is 0.672. The van der Waals surface area contributed by atoms with Crippen LogP contribution < -0.4 is 11.1 Å². The number of carboxylic acid groups (broad SMARTS) is 1. The standard InChI is InChI=1S/C7H14N2O3/c1-4(2)9-7(12)5(8)3-6(10)11/h4-5H,3,8H2,1-2H3,(H,9,12)(H,10,11). The smallest absolute Gasteiger partial charge is 0.305 e. The predicted molar refractivity (Wildman–Crippen MR) is 43.5 cm³/mol. The molecule has 0 aromatic carbocycles. The highest BCUT2D eigenvalue weighted by molar-refractivity contribution is 5.85. The Hall–Kier alpha value is -1.10. The third-order valence-electron chi connectivity index (χ3n) is 1.16. The van der Waals surface area contributed by atoms with Crippen molar-refractivity contribution in [3.05, 3.63) is 0 Å². The van der Waals surface area contributed by atoms with Crippen LogP contribution in [0.15, 0.2) is 0 Å². The second kappa shape index (κ2) is 4.71. The highest BCUT2D eigenvalue weighted by atomic mass is 16.4. The number of nitrogens with one attached hydrogen (secondary N) is 1. The summed E-state index contributed by atoms with van der Waals surface area (Å²) in [6.07, 6.45) is -0.335. The summed E-state index contributed by atoms with van der Waals surface area (Å²) in [5, 5.41) is 10.8. The first-order valence-corrected chi connectivity index (χ1v) is 3.71. The lowest BCUT2D eigenvalue weighted by Gasteiger charge is -2.12.